The number of hydrogen-bond acceptors (Lipinski definition) is 2. The maximum absolute atomic E-state index is 5.77. The van der Waals surface area contributed by atoms with Crippen molar-refractivity contribution in [2.45, 2.75) is 19.8 Å². The van der Waals surface area contributed by atoms with Gasteiger partial charge in [0.15, 0.2) is 0 Å². The average Bonchev–Trinajstić information content (AvgIpc) is 2.56. The van der Waals surface area contributed by atoms with Crippen LogP contribution in [0.5, 0.6) is 0 Å². The van der Waals surface area contributed by atoms with Crippen LogP contribution in [0.4, 0.5) is 0 Å². The van der Waals surface area contributed by atoms with Gasteiger partial charge in [0.2, 0.25) is 0 Å². The van der Waals surface area contributed by atoms with E-state index in [2.05, 4.69) is 19.9 Å². The largest absolute Gasteiger partial charge is 0.460 e. The summed E-state index contributed by atoms with van der Waals surface area (Å²) in [4.78, 5) is 0. The molecule has 1 atom stereocenters. The number of furan rings is 1. The Labute approximate surface area is 83.7 Å². The van der Waals surface area contributed by atoms with E-state index in [1.807, 2.05) is 18.2 Å². The molecule has 2 heteroatoms. The Hall–Kier alpha value is -1.28. The number of rotatable bonds is 2. The van der Waals surface area contributed by atoms with E-state index in [-0.39, 0.29) is 0 Å². The van der Waals surface area contributed by atoms with Crippen LogP contribution in [0.3, 0.4) is 0 Å². The van der Waals surface area contributed by atoms with Gasteiger partial charge in [-0.3, -0.25) is 0 Å². The van der Waals surface area contributed by atoms with Gasteiger partial charge in [0.25, 0.3) is 0 Å². The highest BCUT2D eigenvalue weighted by atomic mass is 16.3. The van der Waals surface area contributed by atoms with Crippen molar-refractivity contribution in [2.75, 3.05) is 6.54 Å². The van der Waals surface area contributed by atoms with E-state index in [4.69, 9.17) is 10.2 Å². The molecule has 0 saturated carbocycles. The summed E-state index contributed by atoms with van der Waals surface area (Å²) in [5.41, 5.74) is 7.81. The Morgan fingerprint density at radius 2 is 2.07 bits per heavy atom. The molecule has 2 aromatic rings. The fraction of sp³-hybridized carbons (Fsp3) is 0.333. The van der Waals surface area contributed by atoms with Crippen molar-refractivity contribution in [1.82, 2.24) is 0 Å². The zero-order valence-corrected chi connectivity index (χ0v) is 8.58. The maximum Gasteiger partial charge on any atom is 0.134 e. The molecule has 0 spiro atoms. The van der Waals surface area contributed by atoms with E-state index < -0.39 is 0 Å². The monoisotopic (exact) mass is 189 g/mol. The Morgan fingerprint density at radius 3 is 2.71 bits per heavy atom. The lowest BCUT2D eigenvalue weighted by Gasteiger charge is -2.04. The van der Waals surface area contributed by atoms with Crippen LogP contribution in [0.1, 0.15) is 24.2 Å². The van der Waals surface area contributed by atoms with Gasteiger partial charge in [0.05, 0.1) is 0 Å². The number of fused-ring (bicyclic) bond motifs is 1. The lowest BCUT2D eigenvalue weighted by atomic mass is 10.0. The van der Waals surface area contributed by atoms with Crippen LogP contribution in [0, 0.1) is 6.92 Å². The molecule has 1 aromatic carbocycles. The predicted octanol–water partition coefficient (Wildman–Crippen LogP) is 2.80. The number of hydrogen-bond donors (Lipinski definition) is 1. The molecule has 14 heavy (non-hydrogen) atoms. The summed E-state index contributed by atoms with van der Waals surface area (Å²) in [6, 6.07) is 8.10. The van der Waals surface area contributed by atoms with Crippen LogP contribution in [-0.4, -0.2) is 6.54 Å². The smallest absolute Gasteiger partial charge is 0.134 e. The van der Waals surface area contributed by atoms with Crippen molar-refractivity contribution in [3.8, 4) is 0 Å². The number of benzene rings is 1. The molecule has 0 fully saturated rings. The lowest BCUT2D eigenvalue weighted by Crippen LogP contribution is -2.08. The fourth-order valence-corrected chi connectivity index (χ4v) is 1.77. The van der Waals surface area contributed by atoms with Crippen LogP contribution < -0.4 is 5.73 Å². The van der Waals surface area contributed by atoms with Crippen LogP contribution in [0.2, 0.25) is 0 Å². The predicted molar refractivity (Wildman–Crippen MR) is 58.4 cm³/mol. The fourth-order valence-electron chi connectivity index (χ4n) is 1.77. The first kappa shape index (κ1) is 9.28. The number of nitrogens with two attached hydrogens (primary N) is 1. The molecular weight excluding hydrogens is 174 g/mol. The second-order valence-electron chi connectivity index (χ2n) is 3.72. The molecule has 2 N–H and O–H groups in total. The minimum Gasteiger partial charge on any atom is -0.460 e. The van der Waals surface area contributed by atoms with Gasteiger partial charge in [-0.25, -0.2) is 0 Å². The molecule has 2 nitrogen and oxygen atoms in total. The van der Waals surface area contributed by atoms with E-state index in [1.165, 1.54) is 10.9 Å². The van der Waals surface area contributed by atoms with Crippen molar-refractivity contribution >= 4 is 11.0 Å². The zero-order chi connectivity index (χ0) is 10.1. The van der Waals surface area contributed by atoms with E-state index in [0.29, 0.717) is 12.5 Å². The maximum atomic E-state index is 5.77. The molecule has 0 aliphatic carbocycles. The second-order valence-corrected chi connectivity index (χ2v) is 3.72. The van der Waals surface area contributed by atoms with Crippen LogP contribution in [0.25, 0.3) is 11.0 Å². The zero-order valence-electron chi connectivity index (χ0n) is 8.58. The number of para-hydroxylation sites is 1. The van der Waals surface area contributed by atoms with E-state index in [9.17, 15) is 0 Å². The van der Waals surface area contributed by atoms with Gasteiger partial charge >= 0.3 is 0 Å². The first-order valence-electron chi connectivity index (χ1n) is 4.92. The molecule has 0 radical (unpaired) electrons. The molecule has 0 saturated heterocycles. The van der Waals surface area contributed by atoms with Crippen molar-refractivity contribution in [3.63, 3.8) is 0 Å². The van der Waals surface area contributed by atoms with Gasteiger partial charge in [0, 0.05) is 17.8 Å². The van der Waals surface area contributed by atoms with Crippen LogP contribution in [0.15, 0.2) is 28.7 Å². The molecule has 1 heterocycles. The van der Waals surface area contributed by atoms with Gasteiger partial charge in [-0.05, 0) is 18.6 Å². The van der Waals surface area contributed by atoms with Gasteiger partial charge in [-0.2, -0.15) is 0 Å². The summed E-state index contributed by atoms with van der Waals surface area (Å²) in [6.45, 7) is 4.80. The van der Waals surface area contributed by atoms with Crippen molar-refractivity contribution in [3.05, 3.63) is 35.6 Å². The highest BCUT2D eigenvalue weighted by Crippen LogP contribution is 2.29. The Bertz CT molecular complexity index is 445. The molecule has 0 aliphatic heterocycles. The van der Waals surface area contributed by atoms with Gasteiger partial charge < -0.3 is 10.2 Å². The first-order valence-corrected chi connectivity index (χ1v) is 4.92. The van der Waals surface area contributed by atoms with Crippen molar-refractivity contribution in [2.24, 2.45) is 5.73 Å². The van der Waals surface area contributed by atoms with Gasteiger partial charge in [0.1, 0.15) is 11.3 Å². The molecule has 0 aliphatic rings. The third-order valence-corrected chi connectivity index (χ3v) is 2.68. The summed E-state index contributed by atoms with van der Waals surface area (Å²) in [5.74, 6) is 1.32. The molecule has 1 unspecified atom stereocenters. The number of aryl methyl sites for hydroxylation is 1. The van der Waals surface area contributed by atoms with Crippen molar-refractivity contribution < 1.29 is 4.42 Å². The molecule has 1 aromatic heterocycles. The Morgan fingerprint density at radius 1 is 1.36 bits per heavy atom. The summed E-state index contributed by atoms with van der Waals surface area (Å²) in [5, 5.41) is 1.20. The topological polar surface area (TPSA) is 39.2 Å². The molecular formula is C12H15NO. The third kappa shape index (κ3) is 1.32. The Balaban J connectivity index is 2.62. The summed E-state index contributed by atoms with van der Waals surface area (Å²) >= 11 is 0. The molecule has 0 amide bonds. The van der Waals surface area contributed by atoms with E-state index >= 15 is 0 Å². The van der Waals surface area contributed by atoms with Gasteiger partial charge in [-0.15, -0.1) is 0 Å². The Kier molecular flexibility index (Phi) is 2.30. The van der Waals surface area contributed by atoms with Crippen molar-refractivity contribution in [1.29, 1.82) is 0 Å². The normalized spacial score (nSPS) is 13.4. The SMILES string of the molecule is Cc1c(C(C)CN)oc2ccccc12. The minimum atomic E-state index is 0.294. The molecule has 0 bridgehead atoms. The lowest BCUT2D eigenvalue weighted by molar-refractivity contribution is 0.505. The second kappa shape index (κ2) is 3.46. The van der Waals surface area contributed by atoms with E-state index in [1.54, 1.807) is 0 Å². The first-order chi connectivity index (χ1) is 6.74. The summed E-state index contributed by atoms with van der Waals surface area (Å²) < 4.78 is 5.77. The summed E-state index contributed by atoms with van der Waals surface area (Å²) in [6.07, 6.45) is 0. The van der Waals surface area contributed by atoms with Crippen LogP contribution >= 0.6 is 0 Å². The molecule has 2 rings (SSSR count). The minimum absolute atomic E-state index is 0.294. The summed E-state index contributed by atoms with van der Waals surface area (Å²) in [7, 11) is 0. The average molecular weight is 189 g/mol. The van der Waals surface area contributed by atoms with E-state index in [0.717, 1.165) is 11.3 Å². The highest BCUT2D eigenvalue weighted by Gasteiger charge is 2.14. The highest BCUT2D eigenvalue weighted by molar-refractivity contribution is 5.82. The van der Waals surface area contributed by atoms with Crippen LogP contribution in [-0.2, 0) is 0 Å². The standard InChI is InChI=1S/C12H15NO/c1-8(7-13)12-9(2)10-5-3-4-6-11(10)14-12/h3-6,8H,7,13H2,1-2H3. The quantitative estimate of drug-likeness (QED) is 0.789. The molecule has 74 valence electrons. The third-order valence-electron chi connectivity index (χ3n) is 2.68. The van der Waals surface area contributed by atoms with Gasteiger partial charge in [-0.1, -0.05) is 25.1 Å².